The van der Waals surface area contributed by atoms with Crippen molar-refractivity contribution in [3.63, 3.8) is 0 Å². The van der Waals surface area contributed by atoms with E-state index in [1.807, 2.05) is 12.1 Å². The van der Waals surface area contributed by atoms with Gasteiger partial charge in [-0.25, -0.2) is 4.79 Å². The summed E-state index contributed by atoms with van der Waals surface area (Å²) in [5.41, 5.74) is 3.19. The second kappa shape index (κ2) is 3.04. The van der Waals surface area contributed by atoms with Crippen molar-refractivity contribution in [2.75, 3.05) is 11.4 Å². The Balaban J connectivity index is 2.29. The molecule has 1 aliphatic heterocycles. The van der Waals surface area contributed by atoms with Crippen molar-refractivity contribution in [3.05, 3.63) is 29.5 Å². The third-order valence-electron chi connectivity index (χ3n) is 3.03. The molecule has 0 fully saturated rings. The molecule has 0 atom stereocenters. The number of aromatic amines is 1. The zero-order chi connectivity index (χ0) is 11.3. The number of H-pyrrole nitrogens is 1. The Hall–Kier alpha value is -1.91. The fourth-order valence-electron chi connectivity index (χ4n) is 2.25. The first-order valence-corrected chi connectivity index (χ1v) is 5.07. The Bertz CT molecular complexity index is 591. The van der Waals surface area contributed by atoms with Crippen LogP contribution < -0.4 is 4.81 Å². The predicted octanol–water partition coefficient (Wildman–Crippen LogP) is 1.31. The van der Waals surface area contributed by atoms with E-state index in [2.05, 4.69) is 4.98 Å². The molecule has 0 spiro atoms. The van der Waals surface area contributed by atoms with Gasteiger partial charge in [0.15, 0.2) is 0 Å². The molecule has 0 bridgehead atoms. The third-order valence-corrected chi connectivity index (χ3v) is 3.03. The van der Waals surface area contributed by atoms with E-state index >= 15 is 0 Å². The molecule has 5 heteroatoms. The van der Waals surface area contributed by atoms with Crippen molar-refractivity contribution in [2.45, 2.75) is 6.42 Å². The van der Waals surface area contributed by atoms with E-state index in [4.69, 9.17) is 13.1 Å². The molecule has 1 aromatic heterocycles. The van der Waals surface area contributed by atoms with Crippen LogP contribution in [0.25, 0.3) is 10.9 Å². The minimum absolute atomic E-state index is 0.221. The van der Waals surface area contributed by atoms with Crippen LogP contribution in [0.3, 0.4) is 0 Å². The highest BCUT2D eigenvalue weighted by atomic mass is 16.4. The molecule has 1 aromatic carbocycles. The maximum atomic E-state index is 10.9. The highest BCUT2D eigenvalue weighted by Crippen LogP contribution is 2.33. The van der Waals surface area contributed by atoms with Gasteiger partial charge in [0.1, 0.15) is 5.69 Å². The molecule has 0 unspecified atom stereocenters. The first-order chi connectivity index (χ1) is 7.66. The number of rotatable bonds is 1. The topological polar surface area (TPSA) is 56.3 Å². The molecule has 78 valence electrons. The number of aromatic nitrogens is 1. The van der Waals surface area contributed by atoms with E-state index in [0.717, 1.165) is 35.1 Å². The lowest BCUT2D eigenvalue weighted by Crippen LogP contribution is -2.14. The first kappa shape index (κ1) is 9.33. The van der Waals surface area contributed by atoms with Gasteiger partial charge in [-0.3, -0.25) is 0 Å². The van der Waals surface area contributed by atoms with Crippen LogP contribution in [-0.4, -0.2) is 30.6 Å². The normalized spacial score (nSPS) is 14.4. The summed E-state index contributed by atoms with van der Waals surface area (Å²) in [7, 11) is 5.81. The number of aromatic carboxylic acids is 1. The number of hydrogen-bond donors (Lipinski definition) is 2. The molecule has 1 aliphatic rings. The molecule has 2 aromatic rings. The molecular formula is C11H9BN2O2. The standard InChI is InChI=1S/C11H9BN2O2/c12-14-4-3-6-7-5-9(11(15)16)13-8(7)1-2-10(6)14/h1-2,5,13H,3-4H2,(H,15,16). The van der Waals surface area contributed by atoms with Gasteiger partial charge < -0.3 is 14.9 Å². The summed E-state index contributed by atoms with van der Waals surface area (Å²) in [5.74, 6) is -0.937. The summed E-state index contributed by atoms with van der Waals surface area (Å²) in [6.45, 7) is 0.780. The maximum Gasteiger partial charge on any atom is 0.352 e. The van der Waals surface area contributed by atoms with Crippen LogP contribution in [0.4, 0.5) is 5.69 Å². The van der Waals surface area contributed by atoms with E-state index in [0.29, 0.717) is 0 Å². The summed E-state index contributed by atoms with van der Waals surface area (Å²) in [6.07, 6.45) is 0.861. The Morgan fingerprint density at radius 1 is 1.50 bits per heavy atom. The molecule has 0 saturated carbocycles. The van der Waals surface area contributed by atoms with Gasteiger partial charge in [0, 0.05) is 23.1 Å². The highest BCUT2D eigenvalue weighted by Gasteiger charge is 2.19. The number of carboxylic acid groups (broad SMARTS) is 1. The lowest BCUT2D eigenvalue weighted by atomic mass is 10.1. The summed E-state index contributed by atoms with van der Waals surface area (Å²) in [6, 6.07) is 5.47. The lowest BCUT2D eigenvalue weighted by Gasteiger charge is -2.11. The van der Waals surface area contributed by atoms with Crippen molar-refractivity contribution in [2.24, 2.45) is 0 Å². The van der Waals surface area contributed by atoms with Crippen LogP contribution >= 0.6 is 0 Å². The monoisotopic (exact) mass is 212 g/mol. The molecule has 2 radical (unpaired) electrons. The molecule has 4 nitrogen and oxygen atoms in total. The van der Waals surface area contributed by atoms with E-state index in [9.17, 15) is 4.79 Å². The van der Waals surface area contributed by atoms with Gasteiger partial charge in [-0.1, -0.05) is 0 Å². The number of anilines is 1. The van der Waals surface area contributed by atoms with Gasteiger partial charge in [-0.15, -0.1) is 0 Å². The maximum absolute atomic E-state index is 10.9. The largest absolute Gasteiger partial charge is 0.477 e. The van der Waals surface area contributed by atoms with Gasteiger partial charge >= 0.3 is 5.97 Å². The second-order valence-electron chi connectivity index (χ2n) is 3.96. The van der Waals surface area contributed by atoms with Crippen LogP contribution in [-0.2, 0) is 6.42 Å². The minimum Gasteiger partial charge on any atom is -0.477 e. The predicted molar refractivity (Wildman–Crippen MR) is 62.1 cm³/mol. The van der Waals surface area contributed by atoms with E-state index in [-0.39, 0.29) is 5.69 Å². The van der Waals surface area contributed by atoms with Crippen molar-refractivity contribution in [3.8, 4) is 0 Å². The molecule has 3 rings (SSSR count). The van der Waals surface area contributed by atoms with E-state index < -0.39 is 5.97 Å². The van der Waals surface area contributed by atoms with Crippen LogP contribution in [0.15, 0.2) is 18.2 Å². The number of hydrogen-bond acceptors (Lipinski definition) is 2. The Morgan fingerprint density at radius 3 is 3.06 bits per heavy atom. The van der Waals surface area contributed by atoms with Crippen LogP contribution in [0.1, 0.15) is 16.1 Å². The van der Waals surface area contributed by atoms with E-state index in [1.54, 1.807) is 10.9 Å². The fourth-order valence-corrected chi connectivity index (χ4v) is 2.25. The number of nitrogens with zero attached hydrogens (tertiary/aromatic N) is 1. The molecular weight excluding hydrogens is 203 g/mol. The van der Waals surface area contributed by atoms with Gasteiger partial charge in [0.2, 0.25) is 7.98 Å². The summed E-state index contributed by atoms with van der Waals surface area (Å²) in [4.78, 5) is 15.4. The first-order valence-electron chi connectivity index (χ1n) is 5.07. The molecule has 2 N–H and O–H groups in total. The van der Waals surface area contributed by atoms with Gasteiger partial charge in [-0.05, 0) is 30.2 Å². The van der Waals surface area contributed by atoms with Gasteiger partial charge in [0.05, 0.1) is 0 Å². The number of nitrogens with one attached hydrogen (secondary N) is 1. The lowest BCUT2D eigenvalue weighted by molar-refractivity contribution is 0.0691. The Labute approximate surface area is 93.3 Å². The fraction of sp³-hybridized carbons (Fsp3) is 0.182. The zero-order valence-corrected chi connectivity index (χ0v) is 8.53. The smallest absolute Gasteiger partial charge is 0.352 e. The average Bonchev–Trinajstić information content (AvgIpc) is 2.81. The quantitative estimate of drug-likeness (QED) is 0.700. The minimum atomic E-state index is -0.937. The average molecular weight is 212 g/mol. The number of carbonyl (C=O) groups is 1. The summed E-state index contributed by atoms with van der Waals surface area (Å²) >= 11 is 0. The molecule has 0 aliphatic carbocycles. The van der Waals surface area contributed by atoms with E-state index in [1.165, 1.54) is 0 Å². The van der Waals surface area contributed by atoms with Crippen molar-refractivity contribution < 1.29 is 9.90 Å². The summed E-state index contributed by atoms with van der Waals surface area (Å²) in [5, 5.41) is 9.88. The SMILES string of the molecule is [B]N1CCc2c1ccc1[nH]c(C(=O)O)cc21. The number of fused-ring (bicyclic) bond motifs is 3. The molecule has 16 heavy (non-hydrogen) atoms. The third kappa shape index (κ3) is 1.14. The van der Waals surface area contributed by atoms with Gasteiger partial charge in [-0.2, -0.15) is 0 Å². The van der Waals surface area contributed by atoms with Crippen molar-refractivity contribution >= 4 is 30.5 Å². The molecule has 2 heterocycles. The van der Waals surface area contributed by atoms with Gasteiger partial charge in [0.25, 0.3) is 0 Å². The van der Waals surface area contributed by atoms with Crippen LogP contribution in [0.5, 0.6) is 0 Å². The second-order valence-corrected chi connectivity index (χ2v) is 3.96. The zero-order valence-electron chi connectivity index (χ0n) is 8.53. The Morgan fingerprint density at radius 2 is 2.31 bits per heavy atom. The van der Waals surface area contributed by atoms with Crippen molar-refractivity contribution in [1.82, 2.24) is 4.98 Å². The molecule has 0 saturated heterocycles. The van der Waals surface area contributed by atoms with Crippen LogP contribution in [0, 0.1) is 0 Å². The number of benzene rings is 1. The molecule has 0 amide bonds. The highest BCUT2D eigenvalue weighted by molar-refractivity contribution is 6.19. The summed E-state index contributed by atoms with van der Waals surface area (Å²) < 4.78 is 0. The van der Waals surface area contributed by atoms with Crippen LogP contribution in [0.2, 0.25) is 0 Å². The van der Waals surface area contributed by atoms with Crippen molar-refractivity contribution in [1.29, 1.82) is 0 Å². The number of carboxylic acids is 1. The Kier molecular flexibility index (Phi) is 1.77.